The number of halogens is 1. The first-order valence-electron chi connectivity index (χ1n) is 5.36. The third-order valence-corrected chi connectivity index (χ3v) is 3.65. The lowest BCUT2D eigenvalue weighted by Gasteiger charge is -2.18. The van der Waals surface area contributed by atoms with Gasteiger partial charge in [-0.25, -0.2) is 0 Å². The van der Waals surface area contributed by atoms with E-state index in [4.69, 9.17) is 9.26 Å². The lowest BCUT2D eigenvalue weighted by Crippen LogP contribution is -2.16. The fourth-order valence-electron chi connectivity index (χ4n) is 1.66. The van der Waals surface area contributed by atoms with Gasteiger partial charge in [-0.2, -0.15) is 4.98 Å². The van der Waals surface area contributed by atoms with Gasteiger partial charge in [-0.1, -0.05) is 28.0 Å². The van der Waals surface area contributed by atoms with Crippen LogP contribution in [0.4, 0.5) is 0 Å². The largest absolute Gasteiger partial charge is 0.381 e. The van der Waals surface area contributed by atoms with E-state index >= 15 is 0 Å². The summed E-state index contributed by atoms with van der Waals surface area (Å²) in [6.45, 7) is 3.66. The second kappa shape index (κ2) is 5.07. The minimum absolute atomic E-state index is 0.170. The van der Waals surface area contributed by atoms with Gasteiger partial charge in [0.1, 0.15) is 0 Å². The standard InChI is InChI=1S/C10H15BrN2O2/c1-2-8(11)10-12-9(13-15-10)7-4-3-5-14-6-7/h7-8H,2-6H2,1H3. The molecular formula is C10H15BrN2O2. The van der Waals surface area contributed by atoms with Crippen LogP contribution in [-0.2, 0) is 4.74 Å². The van der Waals surface area contributed by atoms with Gasteiger partial charge in [-0.05, 0) is 19.3 Å². The number of ether oxygens (including phenoxy) is 1. The average molecular weight is 275 g/mol. The Morgan fingerprint density at radius 3 is 3.13 bits per heavy atom. The summed E-state index contributed by atoms with van der Waals surface area (Å²) < 4.78 is 10.6. The van der Waals surface area contributed by atoms with Crippen LogP contribution in [0.1, 0.15) is 48.6 Å². The molecule has 1 fully saturated rings. The molecule has 2 heterocycles. The van der Waals surface area contributed by atoms with Gasteiger partial charge in [0.05, 0.1) is 11.4 Å². The van der Waals surface area contributed by atoms with Gasteiger partial charge in [-0.15, -0.1) is 0 Å². The van der Waals surface area contributed by atoms with Crippen molar-refractivity contribution in [3.05, 3.63) is 11.7 Å². The van der Waals surface area contributed by atoms with Crippen LogP contribution < -0.4 is 0 Å². The highest BCUT2D eigenvalue weighted by Crippen LogP contribution is 2.28. The highest BCUT2D eigenvalue weighted by molar-refractivity contribution is 9.09. The van der Waals surface area contributed by atoms with E-state index in [1.165, 1.54) is 0 Å². The van der Waals surface area contributed by atoms with Crippen LogP contribution in [0.2, 0.25) is 0 Å². The summed E-state index contributed by atoms with van der Waals surface area (Å²) in [5.74, 6) is 1.79. The highest BCUT2D eigenvalue weighted by Gasteiger charge is 2.23. The Morgan fingerprint density at radius 2 is 2.47 bits per heavy atom. The highest BCUT2D eigenvalue weighted by atomic mass is 79.9. The van der Waals surface area contributed by atoms with Crippen LogP contribution >= 0.6 is 15.9 Å². The molecule has 0 radical (unpaired) electrons. The predicted octanol–water partition coefficient (Wildman–Crippen LogP) is 2.81. The molecule has 1 aliphatic heterocycles. The summed E-state index contributed by atoms with van der Waals surface area (Å²) in [6, 6.07) is 0. The molecule has 84 valence electrons. The molecule has 1 aromatic heterocycles. The fourth-order valence-corrected chi connectivity index (χ4v) is 1.85. The molecule has 5 heteroatoms. The molecule has 1 aliphatic rings. The molecule has 2 unspecified atom stereocenters. The summed E-state index contributed by atoms with van der Waals surface area (Å²) in [7, 11) is 0. The molecule has 0 aliphatic carbocycles. The van der Waals surface area contributed by atoms with Gasteiger partial charge in [0.15, 0.2) is 5.82 Å². The molecule has 1 aromatic rings. The summed E-state index contributed by atoms with van der Waals surface area (Å²) in [6.07, 6.45) is 3.13. The number of hydrogen-bond acceptors (Lipinski definition) is 4. The zero-order chi connectivity index (χ0) is 10.7. The van der Waals surface area contributed by atoms with E-state index in [1.807, 2.05) is 0 Å². The van der Waals surface area contributed by atoms with Crippen LogP contribution in [0.5, 0.6) is 0 Å². The van der Waals surface area contributed by atoms with E-state index in [1.54, 1.807) is 0 Å². The third-order valence-electron chi connectivity index (χ3n) is 2.61. The molecular weight excluding hydrogens is 260 g/mol. The van der Waals surface area contributed by atoms with Crippen LogP contribution in [-0.4, -0.2) is 23.4 Å². The molecule has 15 heavy (non-hydrogen) atoms. The zero-order valence-corrected chi connectivity index (χ0v) is 10.4. The van der Waals surface area contributed by atoms with E-state index in [-0.39, 0.29) is 4.83 Å². The number of alkyl halides is 1. The number of aromatic nitrogens is 2. The van der Waals surface area contributed by atoms with Crippen molar-refractivity contribution in [3.63, 3.8) is 0 Å². The maximum Gasteiger partial charge on any atom is 0.240 e. The fraction of sp³-hybridized carbons (Fsp3) is 0.800. The summed E-state index contributed by atoms with van der Waals surface area (Å²) in [5, 5.41) is 4.01. The molecule has 0 N–H and O–H groups in total. The Labute approximate surface area is 97.5 Å². The lowest BCUT2D eigenvalue weighted by molar-refractivity contribution is 0.0773. The van der Waals surface area contributed by atoms with Gasteiger partial charge in [0.2, 0.25) is 5.89 Å². The van der Waals surface area contributed by atoms with Crippen LogP contribution in [0.15, 0.2) is 4.52 Å². The van der Waals surface area contributed by atoms with Crippen LogP contribution in [0.3, 0.4) is 0 Å². The minimum Gasteiger partial charge on any atom is -0.381 e. The van der Waals surface area contributed by atoms with Crippen molar-refractivity contribution < 1.29 is 9.26 Å². The maximum atomic E-state index is 5.40. The Hall–Kier alpha value is -0.420. The van der Waals surface area contributed by atoms with E-state index in [2.05, 4.69) is 33.0 Å². The SMILES string of the molecule is CCC(Br)c1nc(C2CCCOC2)no1. The van der Waals surface area contributed by atoms with Crippen molar-refractivity contribution in [2.24, 2.45) is 0 Å². The molecule has 0 aromatic carbocycles. The van der Waals surface area contributed by atoms with Crippen molar-refractivity contribution >= 4 is 15.9 Å². The quantitative estimate of drug-likeness (QED) is 0.796. The van der Waals surface area contributed by atoms with Crippen LogP contribution in [0.25, 0.3) is 0 Å². The topological polar surface area (TPSA) is 48.2 Å². The minimum atomic E-state index is 0.170. The maximum absolute atomic E-state index is 5.40. The number of rotatable bonds is 3. The second-order valence-electron chi connectivity index (χ2n) is 3.78. The first-order valence-corrected chi connectivity index (χ1v) is 6.28. The van der Waals surface area contributed by atoms with Gasteiger partial charge in [-0.3, -0.25) is 0 Å². The normalized spacial score (nSPS) is 24.0. The molecule has 0 bridgehead atoms. The Balaban J connectivity index is 2.05. The molecule has 2 rings (SSSR count). The smallest absolute Gasteiger partial charge is 0.240 e. The van der Waals surface area contributed by atoms with Gasteiger partial charge in [0.25, 0.3) is 0 Å². The molecule has 1 saturated heterocycles. The second-order valence-corrected chi connectivity index (χ2v) is 4.89. The summed E-state index contributed by atoms with van der Waals surface area (Å²) in [5.41, 5.74) is 0. The Bertz CT molecular complexity index is 310. The van der Waals surface area contributed by atoms with Gasteiger partial charge in [0, 0.05) is 12.5 Å². The van der Waals surface area contributed by atoms with E-state index < -0.39 is 0 Å². The molecule has 0 saturated carbocycles. The average Bonchev–Trinajstić information content (AvgIpc) is 2.78. The van der Waals surface area contributed by atoms with E-state index in [9.17, 15) is 0 Å². The predicted molar refractivity (Wildman–Crippen MR) is 59.1 cm³/mol. The summed E-state index contributed by atoms with van der Waals surface area (Å²) >= 11 is 3.49. The Morgan fingerprint density at radius 1 is 1.60 bits per heavy atom. The first kappa shape index (κ1) is 11.1. The van der Waals surface area contributed by atoms with E-state index in [0.717, 1.165) is 38.3 Å². The van der Waals surface area contributed by atoms with Crippen molar-refractivity contribution in [2.45, 2.75) is 36.9 Å². The lowest BCUT2D eigenvalue weighted by atomic mass is 10.0. The molecule has 0 spiro atoms. The van der Waals surface area contributed by atoms with E-state index in [0.29, 0.717) is 11.8 Å². The zero-order valence-electron chi connectivity index (χ0n) is 8.78. The van der Waals surface area contributed by atoms with Crippen molar-refractivity contribution in [1.29, 1.82) is 0 Å². The van der Waals surface area contributed by atoms with Gasteiger partial charge >= 0.3 is 0 Å². The van der Waals surface area contributed by atoms with Crippen molar-refractivity contribution in [3.8, 4) is 0 Å². The number of hydrogen-bond donors (Lipinski definition) is 0. The third kappa shape index (κ3) is 2.58. The van der Waals surface area contributed by atoms with Gasteiger partial charge < -0.3 is 9.26 Å². The van der Waals surface area contributed by atoms with Crippen molar-refractivity contribution in [2.75, 3.05) is 13.2 Å². The van der Waals surface area contributed by atoms with Crippen molar-refractivity contribution in [1.82, 2.24) is 10.1 Å². The Kier molecular flexibility index (Phi) is 3.75. The molecule has 2 atom stereocenters. The molecule has 4 nitrogen and oxygen atoms in total. The van der Waals surface area contributed by atoms with Crippen LogP contribution in [0, 0.1) is 0 Å². The monoisotopic (exact) mass is 274 g/mol. The summed E-state index contributed by atoms with van der Waals surface area (Å²) in [4.78, 5) is 4.57. The number of nitrogens with zero attached hydrogens (tertiary/aromatic N) is 2. The molecule has 0 amide bonds. The first-order chi connectivity index (χ1) is 7.31.